The second-order valence-corrected chi connectivity index (χ2v) is 5.40. The van der Waals surface area contributed by atoms with E-state index in [-0.39, 0.29) is 23.6 Å². The molecule has 0 N–H and O–H groups in total. The van der Waals surface area contributed by atoms with E-state index in [2.05, 4.69) is 10.2 Å². The third-order valence-electron chi connectivity index (χ3n) is 2.80. The number of rotatable bonds is 3. The number of aromatic nitrogens is 2. The first-order valence-corrected chi connectivity index (χ1v) is 6.16. The van der Waals surface area contributed by atoms with Gasteiger partial charge in [0.05, 0.1) is 0 Å². The zero-order valence-corrected chi connectivity index (χ0v) is 11.4. The van der Waals surface area contributed by atoms with Crippen molar-refractivity contribution in [1.29, 1.82) is 0 Å². The van der Waals surface area contributed by atoms with E-state index in [1.54, 1.807) is 24.4 Å². The lowest BCUT2D eigenvalue weighted by atomic mass is 9.87. The Morgan fingerprint density at radius 2 is 2.00 bits per heavy atom. The van der Waals surface area contributed by atoms with Crippen LogP contribution in [-0.4, -0.2) is 10.2 Å². The Balaban J connectivity index is 2.10. The molecule has 1 heterocycles. The van der Waals surface area contributed by atoms with E-state index in [4.69, 9.17) is 4.74 Å². The van der Waals surface area contributed by atoms with Crippen molar-refractivity contribution in [2.24, 2.45) is 0 Å². The van der Waals surface area contributed by atoms with Crippen molar-refractivity contribution in [1.82, 2.24) is 10.2 Å². The molecule has 0 spiro atoms. The summed E-state index contributed by atoms with van der Waals surface area (Å²) in [6.07, 6.45) is 1.59. The van der Waals surface area contributed by atoms with Gasteiger partial charge in [-0.05, 0) is 35.2 Å². The maximum absolute atomic E-state index is 13.9. The lowest BCUT2D eigenvalue weighted by Crippen LogP contribution is -2.11. The highest BCUT2D eigenvalue weighted by Gasteiger charge is 2.16. The van der Waals surface area contributed by atoms with Gasteiger partial charge in [0.1, 0.15) is 12.3 Å². The van der Waals surface area contributed by atoms with Crippen molar-refractivity contribution < 1.29 is 9.13 Å². The van der Waals surface area contributed by atoms with Gasteiger partial charge in [-0.25, -0.2) is 4.39 Å². The number of ether oxygens (including phenoxy) is 1. The topological polar surface area (TPSA) is 35.0 Å². The second-order valence-electron chi connectivity index (χ2n) is 5.40. The minimum atomic E-state index is -0.351. The Bertz CT molecular complexity index is 550. The lowest BCUT2D eigenvalue weighted by molar-refractivity contribution is 0.284. The van der Waals surface area contributed by atoms with E-state index in [0.29, 0.717) is 5.69 Å². The maximum Gasteiger partial charge on any atom is 0.165 e. The fourth-order valence-corrected chi connectivity index (χ4v) is 1.65. The van der Waals surface area contributed by atoms with E-state index in [0.717, 1.165) is 5.56 Å². The van der Waals surface area contributed by atoms with Crippen LogP contribution in [0.5, 0.6) is 5.75 Å². The van der Waals surface area contributed by atoms with Gasteiger partial charge >= 0.3 is 0 Å². The average molecular weight is 260 g/mol. The molecule has 0 bridgehead atoms. The molecule has 1 aromatic heterocycles. The summed E-state index contributed by atoms with van der Waals surface area (Å²) >= 11 is 0. The number of hydrogen-bond acceptors (Lipinski definition) is 3. The van der Waals surface area contributed by atoms with Gasteiger partial charge in [0.2, 0.25) is 0 Å². The van der Waals surface area contributed by atoms with Crippen LogP contribution in [0.1, 0.15) is 32.0 Å². The second kappa shape index (κ2) is 5.34. The molecule has 0 unspecified atom stereocenters. The van der Waals surface area contributed by atoms with Gasteiger partial charge in [-0.2, -0.15) is 10.2 Å². The van der Waals surface area contributed by atoms with Gasteiger partial charge in [0, 0.05) is 6.20 Å². The van der Waals surface area contributed by atoms with Crippen LogP contribution in [0, 0.1) is 5.82 Å². The normalized spacial score (nSPS) is 11.4. The molecule has 1 aromatic carbocycles. The number of hydrogen-bond donors (Lipinski definition) is 0. The predicted molar refractivity (Wildman–Crippen MR) is 71.5 cm³/mol. The average Bonchev–Trinajstić information content (AvgIpc) is 2.37. The van der Waals surface area contributed by atoms with Crippen molar-refractivity contribution in [2.45, 2.75) is 32.8 Å². The van der Waals surface area contributed by atoms with Crippen LogP contribution in [0.4, 0.5) is 4.39 Å². The summed E-state index contributed by atoms with van der Waals surface area (Å²) in [4.78, 5) is 0. The Hall–Kier alpha value is -1.97. The Kier molecular flexibility index (Phi) is 3.79. The largest absolute Gasteiger partial charge is 0.484 e. The zero-order chi connectivity index (χ0) is 13.9. The molecule has 0 aliphatic heterocycles. The highest BCUT2D eigenvalue weighted by Crippen LogP contribution is 2.27. The number of halogens is 1. The minimum absolute atomic E-state index is 0.0791. The molecule has 19 heavy (non-hydrogen) atoms. The van der Waals surface area contributed by atoms with Crippen molar-refractivity contribution in [3.63, 3.8) is 0 Å². The summed E-state index contributed by atoms with van der Waals surface area (Å²) in [5.41, 5.74) is 1.53. The summed E-state index contributed by atoms with van der Waals surface area (Å²) in [5.74, 6) is -0.116. The molecular formula is C15H17FN2O. The summed E-state index contributed by atoms with van der Waals surface area (Å²) in [7, 11) is 0. The maximum atomic E-state index is 13.9. The van der Waals surface area contributed by atoms with Gasteiger partial charge in [0.15, 0.2) is 11.6 Å². The molecule has 2 rings (SSSR count). The smallest absolute Gasteiger partial charge is 0.165 e. The molecule has 0 saturated carbocycles. The van der Waals surface area contributed by atoms with Gasteiger partial charge in [0.25, 0.3) is 0 Å². The first kappa shape index (κ1) is 13.5. The standard InChI is InChI=1S/C15H17FN2O/c1-15(2,3)11-6-7-14(13(16)9-11)19-10-12-5-4-8-17-18-12/h4-9H,10H2,1-3H3. The summed E-state index contributed by atoms with van der Waals surface area (Å²) < 4.78 is 19.3. The first-order valence-electron chi connectivity index (χ1n) is 6.16. The summed E-state index contributed by atoms with van der Waals surface area (Å²) in [5, 5.41) is 7.62. The zero-order valence-electron chi connectivity index (χ0n) is 11.4. The molecule has 100 valence electrons. The van der Waals surface area contributed by atoms with Crippen molar-refractivity contribution in [3.8, 4) is 5.75 Å². The molecule has 0 atom stereocenters. The van der Waals surface area contributed by atoms with E-state index >= 15 is 0 Å². The van der Waals surface area contributed by atoms with Crippen LogP contribution < -0.4 is 4.74 Å². The van der Waals surface area contributed by atoms with Crippen LogP contribution in [0.15, 0.2) is 36.5 Å². The lowest BCUT2D eigenvalue weighted by Gasteiger charge is -2.19. The predicted octanol–water partition coefficient (Wildman–Crippen LogP) is 3.49. The highest BCUT2D eigenvalue weighted by molar-refractivity contribution is 5.32. The van der Waals surface area contributed by atoms with Gasteiger partial charge in [-0.15, -0.1) is 0 Å². The van der Waals surface area contributed by atoms with Crippen LogP contribution in [-0.2, 0) is 12.0 Å². The fraction of sp³-hybridized carbons (Fsp3) is 0.333. The summed E-state index contributed by atoms with van der Waals surface area (Å²) in [6, 6.07) is 8.62. The molecular weight excluding hydrogens is 243 g/mol. The molecule has 4 heteroatoms. The molecule has 3 nitrogen and oxygen atoms in total. The molecule has 2 aromatic rings. The van der Waals surface area contributed by atoms with E-state index in [1.165, 1.54) is 6.07 Å². The molecule has 0 aliphatic carbocycles. The van der Waals surface area contributed by atoms with E-state index in [1.807, 2.05) is 26.8 Å². The van der Waals surface area contributed by atoms with Crippen molar-refractivity contribution >= 4 is 0 Å². The Labute approximate surface area is 112 Å². The van der Waals surface area contributed by atoms with Crippen LogP contribution in [0.2, 0.25) is 0 Å². The van der Waals surface area contributed by atoms with Crippen LogP contribution >= 0.6 is 0 Å². The fourth-order valence-electron chi connectivity index (χ4n) is 1.65. The third-order valence-corrected chi connectivity index (χ3v) is 2.80. The third kappa shape index (κ3) is 3.50. The molecule has 0 amide bonds. The number of nitrogens with zero attached hydrogens (tertiary/aromatic N) is 2. The van der Waals surface area contributed by atoms with Crippen LogP contribution in [0.3, 0.4) is 0 Å². The number of benzene rings is 1. The summed E-state index contributed by atoms with van der Waals surface area (Å²) in [6.45, 7) is 6.34. The van der Waals surface area contributed by atoms with E-state index in [9.17, 15) is 4.39 Å². The minimum Gasteiger partial charge on any atom is -0.484 e. The van der Waals surface area contributed by atoms with Gasteiger partial charge < -0.3 is 4.74 Å². The van der Waals surface area contributed by atoms with Crippen molar-refractivity contribution in [3.05, 3.63) is 53.6 Å². The molecule has 0 fully saturated rings. The quantitative estimate of drug-likeness (QED) is 0.847. The first-order chi connectivity index (χ1) is 8.97. The Morgan fingerprint density at radius 3 is 2.58 bits per heavy atom. The van der Waals surface area contributed by atoms with Gasteiger partial charge in [-0.1, -0.05) is 26.8 Å². The highest BCUT2D eigenvalue weighted by atomic mass is 19.1. The molecule has 0 saturated heterocycles. The monoisotopic (exact) mass is 260 g/mol. The van der Waals surface area contributed by atoms with E-state index < -0.39 is 0 Å². The Morgan fingerprint density at radius 1 is 1.21 bits per heavy atom. The van der Waals surface area contributed by atoms with Crippen LogP contribution in [0.25, 0.3) is 0 Å². The van der Waals surface area contributed by atoms with Crippen molar-refractivity contribution in [2.75, 3.05) is 0 Å². The SMILES string of the molecule is CC(C)(C)c1ccc(OCc2cccnn2)c(F)c1. The van der Waals surface area contributed by atoms with Gasteiger partial charge in [-0.3, -0.25) is 0 Å². The molecule has 0 radical (unpaired) electrons. The molecule has 0 aliphatic rings.